The average molecular weight is 308 g/mol. The van der Waals surface area contributed by atoms with E-state index in [-0.39, 0.29) is 5.78 Å². The van der Waals surface area contributed by atoms with Crippen LogP contribution in [0.5, 0.6) is 0 Å². The standard InChI is InChI=1S/C20H20O3/c21-18-15-19(22-13-14-23-19)11-12-20(18,16-7-3-1-4-8-16)17-9-5-2-6-10-17/h1-10H,11-15H2. The summed E-state index contributed by atoms with van der Waals surface area (Å²) < 4.78 is 11.5. The van der Waals surface area contributed by atoms with Crippen LogP contribution in [0.3, 0.4) is 0 Å². The second-order valence-electron chi connectivity index (χ2n) is 6.34. The Morgan fingerprint density at radius 3 is 1.74 bits per heavy atom. The minimum absolute atomic E-state index is 0.183. The molecule has 0 N–H and O–H groups in total. The molecule has 0 unspecified atom stereocenters. The van der Waals surface area contributed by atoms with Crippen LogP contribution in [0.2, 0.25) is 0 Å². The predicted octanol–water partition coefficient (Wildman–Crippen LogP) is 3.47. The Hall–Kier alpha value is -1.97. The summed E-state index contributed by atoms with van der Waals surface area (Å²) >= 11 is 0. The van der Waals surface area contributed by atoms with E-state index in [1.54, 1.807) is 0 Å². The topological polar surface area (TPSA) is 35.5 Å². The largest absolute Gasteiger partial charge is 0.347 e. The Bertz CT molecular complexity index is 648. The van der Waals surface area contributed by atoms with Crippen LogP contribution in [0.25, 0.3) is 0 Å². The first-order valence-electron chi connectivity index (χ1n) is 8.18. The molecule has 2 aliphatic rings. The third-order valence-corrected chi connectivity index (χ3v) is 5.13. The molecule has 1 saturated heterocycles. The first kappa shape index (κ1) is 14.6. The molecule has 2 fully saturated rings. The Kier molecular flexibility index (Phi) is 3.55. The van der Waals surface area contributed by atoms with Gasteiger partial charge in [-0.25, -0.2) is 0 Å². The number of ether oxygens (including phenoxy) is 2. The Morgan fingerprint density at radius 1 is 0.739 bits per heavy atom. The number of ketones is 1. The molecule has 3 nitrogen and oxygen atoms in total. The van der Waals surface area contributed by atoms with Gasteiger partial charge in [0.1, 0.15) is 0 Å². The van der Waals surface area contributed by atoms with Crippen LogP contribution < -0.4 is 0 Å². The van der Waals surface area contributed by atoms with Crippen molar-refractivity contribution in [3.8, 4) is 0 Å². The van der Waals surface area contributed by atoms with Gasteiger partial charge in [0.15, 0.2) is 11.6 Å². The molecular weight excluding hydrogens is 288 g/mol. The lowest BCUT2D eigenvalue weighted by Gasteiger charge is -2.43. The third-order valence-electron chi connectivity index (χ3n) is 5.13. The van der Waals surface area contributed by atoms with Crippen molar-refractivity contribution >= 4 is 5.78 Å². The fraction of sp³-hybridized carbons (Fsp3) is 0.350. The van der Waals surface area contributed by atoms with Gasteiger partial charge >= 0.3 is 0 Å². The molecule has 2 aromatic carbocycles. The maximum absolute atomic E-state index is 13.3. The van der Waals surface area contributed by atoms with Gasteiger partial charge in [-0.15, -0.1) is 0 Å². The van der Waals surface area contributed by atoms with Crippen molar-refractivity contribution in [1.29, 1.82) is 0 Å². The number of carbonyl (C=O) groups excluding carboxylic acids is 1. The van der Waals surface area contributed by atoms with Crippen molar-refractivity contribution in [3.63, 3.8) is 0 Å². The van der Waals surface area contributed by atoms with Crippen molar-refractivity contribution in [2.75, 3.05) is 13.2 Å². The van der Waals surface area contributed by atoms with Crippen molar-refractivity contribution in [1.82, 2.24) is 0 Å². The lowest BCUT2D eigenvalue weighted by atomic mass is 9.63. The van der Waals surface area contributed by atoms with E-state index < -0.39 is 11.2 Å². The van der Waals surface area contributed by atoms with Gasteiger partial charge in [0.2, 0.25) is 0 Å². The van der Waals surface area contributed by atoms with Gasteiger partial charge in [-0.2, -0.15) is 0 Å². The second kappa shape index (κ2) is 5.59. The van der Waals surface area contributed by atoms with Crippen LogP contribution in [-0.4, -0.2) is 24.8 Å². The minimum Gasteiger partial charge on any atom is -0.347 e. The zero-order chi connectivity index (χ0) is 15.8. The Morgan fingerprint density at radius 2 is 1.26 bits per heavy atom. The highest BCUT2D eigenvalue weighted by Gasteiger charge is 2.53. The molecular formula is C20H20O3. The van der Waals surface area contributed by atoms with Crippen molar-refractivity contribution in [2.24, 2.45) is 0 Å². The summed E-state index contributed by atoms with van der Waals surface area (Å²) in [6.07, 6.45) is 1.76. The molecule has 4 rings (SSSR count). The maximum Gasteiger partial charge on any atom is 0.175 e. The number of hydrogen-bond donors (Lipinski definition) is 0. The van der Waals surface area contributed by atoms with Gasteiger partial charge in [0.25, 0.3) is 0 Å². The van der Waals surface area contributed by atoms with Crippen molar-refractivity contribution in [3.05, 3.63) is 71.8 Å². The summed E-state index contributed by atoms with van der Waals surface area (Å²) in [5.41, 5.74) is 1.52. The van der Waals surface area contributed by atoms with Gasteiger partial charge in [0.05, 0.1) is 25.0 Å². The SMILES string of the molecule is O=C1CC2(CCC1(c1ccccc1)c1ccccc1)OCCO2. The highest BCUT2D eigenvalue weighted by atomic mass is 16.7. The number of Topliss-reactive ketones (excluding diaryl/α,β-unsaturated/α-hetero) is 1. The molecule has 1 aliphatic carbocycles. The number of rotatable bonds is 2. The van der Waals surface area contributed by atoms with E-state index in [0.717, 1.165) is 17.5 Å². The van der Waals surface area contributed by atoms with Crippen LogP contribution in [-0.2, 0) is 19.7 Å². The molecule has 0 radical (unpaired) electrons. The van der Waals surface area contributed by atoms with Gasteiger partial charge in [0, 0.05) is 6.42 Å². The molecule has 1 aliphatic heterocycles. The van der Waals surface area contributed by atoms with E-state index >= 15 is 0 Å². The van der Waals surface area contributed by atoms with E-state index in [4.69, 9.17) is 9.47 Å². The number of hydrogen-bond acceptors (Lipinski definition) is 3. The van der Waals surface area contributed by atoms with E-state index in [9.17, 15) is 4.79 Å². The third kappa shape index (κ3) is 2.32. The number of benzene rings is 2. The minimum atomic E-state index is -0.690. The summed E-state index contributed by atoms with van der Waals surface area (Å²) in [5, 5.41) is 0. The van der Waals surface area contributed by atoms with Crippen molar-refractivity contribution in [2.45, 2.75) is 30.5 Å². The molecule has 118 valence electrons. The van der Waals surface area contributed by atoms with Crippen LogP contribution >= 0.6 is 0 Å². The van der Waals surface area contributed by atoms with Gasteiger partial charge in [-0.3, -0.25) is 4.79 Å². The maximum atomic E-state index is 13.3. The highest BCUT2D eigenvalue weighted by molar-refractivity contribution is 5.95. The van der Waals surface area contributed by atoms with E-state index in [0.29, 0.717) is 26.1 Å². The normalized spacial score (nSPS) is 22.3. The first-order valence-corrected chi connectivity index (χ1v) is 8.18. The molecule has 0 bridgehead atoms. The highest BCUT2D eigenvalue weighted by Crippen LogP contribution is 2.47. The van der Waals surface area contributed by atoms with E-state index in [1.807, 2.05) is 36.4 Å². The Labute approximate surface area is 136 Å². The van der Waals surface area contributed by atoms with Gasteiger partial charge in [-0.05, 0) is 17.5 Å². The summed E-state index contributed by atoms with van der Waals surface area (Å²) in [6, 6.07) is 20.2. The van der Waals surface area contributed by atoms with Gasteiger partial charge < -0.3 is 9.47 Å². The van der Waals surface area contributed by atoms with Crippen molar-refractivity contribution < 1.29 is 14.3 Å². The summed E-state index contributed by atoms with van der Waals surface area (Å²) in [4.78, 5) is 13.3. The molecule has 3 heteroatoms. The summed E-state index contributed by atoms with van der Waals surface area (Å²) in [7, 11) is 0. The van der Waals surface area contributed by atoms with Crippen LogP contribution in [0.4, 0.5) is 0 Å². The molecule has 2 aromatic rings. The van der Waals surface area contributed by atoms with Crippen LogP contribution in [0.1, 0.15) is 30.4 Å². The fourth-order valence-corrected chi connectivity index (χ4v) is 3.97. The van der Waals surface area contributed by atoms with Crippen LogP contribution in [0, 0.1) is 0 Å². The van der Waals surface area contributed by atoms with Gasteiger partial charge in [-0.1, -0.05) is 60.7 Å². The summed E-state index contributed by atoms with van der Waals surface area (Å²) in [5.74, 6) is -0.507. The predicted molar refractivity (Wildman–Crippen MR) is 87.2 cm³/mol. The number of carbonyl (C=O) groups is 1. The van der Waals surface area contributed by atoms with Crippen LogP contribution in [0.15, 0.2) is 60.7 Å². The molecule has 0 amide bonds. The molecule has 1 saturated carbocycles. The average Bonchev–Trinajstić information content (AvgIpc) is 3.05. The van der Waals surface area contributed by atoms with E-state index in [1.165, 1.54) is 0 Å². The molecule has 1 spiro atoms. The fourth-order valence-electron chi connectivity index (χ4n) is 3.97. The second-order valence-corrected chi connectivity index (χ2v) is 6.34. The summed E-state index contributed by atoms with van der Waals surface area (Å²) in [6.45, 7) is 1.16. The smallest absolute Gasteiger partial charge is 0.175 e. The first-order chi connectivity index (χ1) is 11.3. The molecule has 23 heavy (non-hydrogen) atoms. The quantitative estimate of drug-likeness (QED) is 0.852. The zero-order valence-corrected chi connectivity index (χ0v) is 13.0. The van der Waals surface area contributed by atoms with E-state index in [2.05, 4.69) is 24.3 Å². The monoisotopic (exact) mass is 308 g/mol. The lowest BCUT2D eigenvalue weighted by Crippen LogP contribution is -2.49. The zero-order valence-electron chi connectivity index (χ0n) is 13.0. The molecule has 0 aromatic heterocycles. The molecule has 0 atom stereocenters. The Balaban J connectivity index is 1.80. The molecule has 1 heterocycles. The lowest BCUT2D eigenvalue weighted by molar-refractivity contribution is -0.186.